The summed E-state index contributed by atoms with van der Waals surface area (Å²) in [6.45, 7) is 5.94. The number of nitrogens with one attached hydrogen (secondary N) is 4. The largest absolute Gasteiger partial charge is 0.493 e. The lowest BCUT2D eigenvalue weighted by atomic mass is 10.0. The summed E-state index contributed by atoms with van der Waals surface area (Å²) in [7, 11) is 1.59. The van der Waals surface area contributed by atoms with Gasteiger partial charge in [0.15, 0.2) is 11.5 Å². The van der Waals surface area contributed by atoms with Crippen molar-refractivity contribution < 1.29 is 28.6 Å². The van der Waals surface area contributed by atoms with E-state index in [-0.39, 0.29) is 36.0 Å². The summed E-state index contributed by atoms with van der Waals surface area (Å²) in [5.41, 5.74) is 8.05. The third-order valence-corrected chi connectivity index (χ3v) is 8.58. The third kappa shape index (κ3) is 10.0. The van der Waals surface area contributed by atoms with Crippen molar-refractivity contribution in [3.8, 4) is 11.5 Å². The van der Waals surface area contributed by atoms with E-state index in [9.17, 15) is 14.4 Å². The molecule has 1 aromatic rings. The Bertz CT molecular complexity index is 994. The molecule has 0 radical (unpaired) electrons. The van der Waals surface area contributed by atoms with Gasteiger partial charge in [-0.3, -0.25) is 9.59 Å². The number of carbonyl (C=O) groups is 3. The van der Waals surface area contributed by atoms with E-state index in [4.69, 9.17) is 19.9 Å². The zero-order valence-electron chi connectivity index (χ0n) is 23.9. The fourth-order valence-corrected chi connectivity index (χ4v) is 6.48. The predicted octanol–water partition coefficient (Wildman–Crippen LogP) is 2.16. The number of urea groups is 1. The lowest BCUT2D eigenvalue weighted by Crippen LogP contribution is -2.36. The molecule has 2 aliphatic rings. The van der Waals surface area contributed by atoms with Crippen LogP contribution >= 0.6 is 11.8 Å². The van der Waals surface area contributed by atoms with Gasteiger partial charge in [-0.1, -0.05) is 6.42 Å². The maximum absolute atomic E-state index is 12.1. The summed E-state index contributed by atoms with van der Waals surface area (Å²) in [4.78, 5) is 35.5. The van der Waals surface area contributed by atoms with Gasteiger partial charge < -0.3 is 41.2 Å². The SMILES string of the molecule is COc1cc(C(C)N)c(C)cc1OCCCC(=O)NCCOCCNC(=O)CCCCC1SCC2NC(=O)NC21. The molecule has 0 spiro atoms. The highest BCUT2D eigenvalue weighted by Gasteiger charge is 2.42. The molecule has 6 N–H and O–H groups in total. The van der Waals surface area contributed by atoms with Gasteiger partial charge in [-0.15, -0.1) is 0 Å². The second-order valence-corrected chi connectivity index (χ2v) is 11.6. The summed E-state index contributed by atoms with van der Waals surface area (Å²) in [5.74, 6) is 2.18. The van der Waals surface area contributed by atoms with Gasteiger partial charge in [0.05, 0.1) is 39.0 Å². The first-order chi connectivity index (χ1) is 19.3. The maximum atomic E-state index is 12.1. The van der Waals surface area contributed by atoms with E-state index in [1.807, 2.05) is 37.7 Å². The number of thioether (sulfide) groups is 1. The summed E-state index contributed by atoms with van der Waals surface area (Å²) in [6, 6.07) is 4.11. The first-order valence-corrected chi connectivity index (χ1v) is 15.2. The Labute approximate surface area is 241 Å². The number of hydrogen-bond acceptors (Lipinski definition) is 8. The van der Waals surface area contributed by atoms with Crippen LogP contribution in [0.1, 0.15) is 62.6 Å². The van der Waals surface area contributed by atoms with Gasteiger partial charge in [-0.25, -0.2) is 4.79 Å². The molecule has 11 nitrogen and oxygen atoms in total. The van der Waals surface area contributed by atoms with Crippen LogP contribution in [0, 0.1) is 6.92 Å². The molecule has 4 atom stereocenters. The van der Waals surface area contributed by atoms with Crippen LogP contribution < -0.4 is 36.5 Å². The average molecular weight is 580 g/mol. The number of ether oxygens (including phenoxy) is 3. The van der Waals surface area contributed by atoms with Crippen LogP contribution in [0.15, 0.2) is 12.1 Å². The van der Waals surface area contributed by atoms with Crippen LogP contribution in [-0.2, 0) is 14.3 Å². The van der Waals surface area contributed by atoms with Crippen LogP contribution in [0.25, 0.3) is 0 Å². The lowest BCUT2D eigenvalue weighted by Gasteiger charge is -2.16. The molecular formula is C28H45N5O6S. The van der Waals surface area contributed by atoms with Crippen LogP contribution in [-0.4, -0.2) is 81.0 Å². The zero-order chi connectivity index (χ0) is 28.9. The van der Waals surface area contributed by atoms with Crippen molar-refractivity contribution >= 4 is 29.6 Å². The van der Waals surface area contributed by atoms with E-state index in [0.717, 1.165) is 36.1 Å². The minimum Gasteiger partial charge on any atom is -0.493 e. The Balaban J connectivity index is 1.14. The third-order valence-electron chi connectivity index (χ3n) is 7.07. The fraction of sp³-hybridized carbons (Fsp3) is 0.679. The predicted molar refractivity (Wildman–Crippen MR) is 156 cm³/mol. The van der Waals surface area contributed by atoms with E-state index in [0.29, 0.717) is 68.9 Å². The number of hydrogen-bond donors (Lipinski definition) is 5. The lowest BCUT2D eigenvalue weighted by molar-refractivity contribution is -0.121. The van der Waals surface area contributed by atoms with Crippen LogP contribution in [0.3, 0.4) is 0 Å². The molecule has 0 aromatic heterocycles. The summed E-state index contributed by atoms with van der Waals surface area (Å²) < 4.78 is 16.8. The molecule has 0 bridgehead atoms. The van der Waals surface area contributed by atoms with Crippen molar-refractivity contribution in [2.75, 3.05) is 45.8 Å². The molecule has 2 aliphatic heterocycles. The molecule has 2 heterocycles. The van der Waals surface area contributed by atoms with Gasteiger partial charge in [0, 0.05) is 43.0 Å². The molecule has 4 amide bonds. The number of carbonyl (C=O) groups excluding carboxylic acids is 3. The monoisotopic (exact) mass is 579 g/mol. The van der Waals surface area contributed by atoms with Gasteiger partial charge in [0.1, 0.15) is 0 Å². The highest BCUT2D eigenvalue weighted by molar-refractivity contribution is 8.00. The average Bonchev–Trinajstić information content (AvgIpc) is 3.47. The number of rotatable bonds is 18. The normalized spacial score (nSPS) is 20.3. The number of fused-ring (bicyclic) bond motifs is 1. The molecule has 40 heavy (non-hydrogen) atoms. The van der Waals surface area contributed by atoms with Crippen molar-refractivity contribution in [1.29, 1.82) is 0 Å². The summed E-state index contributed by atoms with van der Waals surface area (Å²) in [5, 5.41) is 12.1. The Hall–Kier alpha value is -2.70. The Morgan fingerprint density at radius 3 is 2.42 bits per heavy atom. The molecule has 4 unspecified atom stereocenters. The second-order valence-electron chi connectivity index (χ2n) is 10.3. The van der Waals surface area contributed by atoms with Gasteiger partial charge in [-0.2, -0.15) is 11.8 Å². The van der Waals surface area contributed by atoms with Crippen LogP contribution in [0.5, 0.6) is 11.5 Å². The maximum Gasteiger partial charge on any atom is 0.315 e. The standard InChI is InChI=1S/C28H45N5O6S/c1-18-15-23(22(37-3)16-20(18)19(2)29)39-12-6-9-26(35)31-11-14-38-13-10-30-25(34)8-5-4-7-24-27-21(17-40-24)32-28(36)33-27/h15-16,19,21,24,27H,4-14,17,29H2,1-3H3,(H,30,34)(H,31,35)(H2,32,33,36). The van der Waals surface area contributed by atoms with E-state index in [1.165, 1.54) is 0 Å². The second kappa shape index (κ2) is 16.5. The minimum absolute atomic E-state index is 0.0181. The summed E-state index contributed by atoms with van der Waals surface area (Å²) >= 11 is 1.89. The van der Waals surface area contributed by atoms with Crippen molar-refractivity contribution in [3.05, 3.63) is 23.3 Å². The first kappa shape index (κ1) is 31.8. The highest BCUT2D eigenvalue weighted by atomic mass is 32.2. The van der Waals surface area contributed by atoms with Crippen LogP contribution in [0.2, 0.25) is 0 Å². The van der Waals surface area contributed by atoms with E-state index >= 15 is 0 Å². The number of aryl methyl sites for hydroxylation is 1. The minimum atomic E-state index is -0.0951. The quantitative estimate of drug-likeness (QED) is 0.131. The number of amides is 4. The van der Waals surface area contributed by atoms with Gasteiger partial charge >= 0.3 is 6.03 Å². The van der Waals surface area contributed by atoms with Crippen molar-refractivity contribution in [1.82, 2.24) is 21.3 Å². The molecule has 224 valence electrons. The fourth-order valence-electron chi connectivity index (χ4n) is 4.93. The van der Waals surface area contributed by atoms with Gasteiger partial charge in [-0.05, 0) is 56.4 Å². The molecule has 0 saturated carbocycles. The van der Waals surface area contributed by atoms with Crippen LogP contribution in [0.4, 0.5) is 4.79 Å². The molecule has 2 saturated heterocycles. The molecule has 2 fully saturated rings. The number of benzene rings is 1. The topological polar surface area (TPSA) is 153 Å². The Kier molecular flexibility index (Phi) is 13.2. The van der Waals surface area contributed by atoms with Gasteiger partial charge in [0.2, 0.25) is 11.8 Å². The molecule has 12 heteroatoms. The van der Waals surface area contributed by atoms with Crippen molar-refractivity contribution in [2.45, 2.75) is 75.7 Å². The first-order valence-electron chi connectivity index (χ1n) is 14.1. The molecule has 1 aromatic carbocycles. The number of unbranched alkanes of at least 4 members (excludes halogenated alkanes) is 1. The zero-order valence-corrected chi connectivity index (χ0v) is 24.7. The molecule has 3 rings (SSSR count). The molecular weight excluding hydrogens is 534 g/mol. The number of methoxy groups -OCH3 is 1. The highest BCUT2D eigenvalue weighted by Crippen LogP contribution is 2.34. The van der Waals surface area contributed by atoms with E-state index < -0.39 is 0 Å². The Morgan fingerprint density at radius 1 is 1.05 bits per heavy atom. The smallest absolute Gasteiger partial charge is 0.315 e. The summed E-state index contributed by atoms with van der Waals surface area (Å²) in [6.07, 6.45) is 4.19. The van der Waals surface area contributed by atoms with E-state index in [2.05, 4.69) is 21.3 Å². The van der Waals surface area contributed by atoms with Crippen molar-refractivity contribution in [3.63, 3.8) is 0 Å². The number of nitrogens with two attached hydrogens (primary N) is 1. The molecule has 0 aliphatic carbocycles. The Morgan fingerprint density at radius 2 is 1.75 bits per heavy atom. The van der Waals surface area contributed by atoms with Gasteiger partial charge in [0.25, 0.3) is 0 Å². The van der Waals surface area contributed by atoms with E-state index in [1.54, 1.807) is 7.11 Å². The van der Waals surface area contributed by atoms with Crippen molar-refractivity contribution in [2.24, 2.45) is 5.73 Å².